The van der Waals surface area contributed by atoms with Crippen LogP contribution in [0.3, 0.4) is 0 Å². The number of hydrogen-bond donors (Lipinski definition) is 0. The number of carbonyl (C=O) groups excluding carboxylic acids is 1. The van der Waals surface area contributed by atoms with Gasteiger partial charge in [-0.2, -0.15) is 4.31 Å². The molecule has 0 aliphatic carbocycles. The molecular formula is C25H29N3O6S. The van der Waals surface area contributed by atoms with Crippen molar-refractivity contribution in [1.29, 1.82) is 0 Å². The van der Waals surface area contributed by atoms with Crippen LogP contribution in [0.1, 0.15) is 49.5 Å². The number of nitrogens with zero attached hydrogens (tertiary/aromatic N) is 3. The highest BCUT2D eigenvalue weighted by molar-refractivity contribution is 7.89. The van der Waals surface area contributed by atoms with Gasteiger partial charge >= 0.3 is 5.97 Å². The molecule has 0 saturated carbocycles. The number of ether oxygens (including phenoxy) is 2. The summed E-state index contributed by atoms with van der Waals surface area (Å²) in [5, 5.41) is 8.00. The third kappa shape index (κ3) is 5.54. The van der Waals surface area contributed by atoms with E-state index in [1.807, 2.05) is 0 Å². The first-order valence-corrected chi connectivity index (χ1v) is 12.9. The highest BCUT2D eigenvalue weighted by Crippen LogP contribution is 2.28. The lowest BCUT2D eigenvalue weighted by molar-refractivity contribution is 0.0279. The third-order valence-corrected chi connectivity index (χ3v) is 7.82. The molecule has 9 nitrogen and oxygen atoms in total. The molecule has 0 bridgehead atoms. The second-order valence-corrected chi connectivity index (χ2v) is 11.0. The van der Waals surface area contributed by atoms with Gasteiger partial charge in [-0.3, -0.25) is 0 Å². The summed E-state index contributed by atoms with van der Waals surface area (Å²) < 4.78 is 43.9. The van der Waals surface area contributed by atoms with Crippen molar-refractivity contribution in [1.82, 2.24) is 14.5 Å². The number of piperidine rings is 1. The maximum absolute atomic E-state index is 13.1. The monoisotopic (exact) mass is 499 g/mol. The zero-order valence-corrected chi connectivity index (χ0v) is 21.0. The Kier molecular flexibility index (Phi) is 7.23. The Balaban J connectivity index is 1.41. The van der Waals surface area contributed by atoms with Gasteiger partial charge in [0.25, 0.3) is 5.89 Å². The standard InChI is InChI=1S/C25H29N3O6S/c1-16-13-17(2)15-28(14-16)35(30,31)22-11-7-20(8-12-22)25(29)33-18(3)23-26-27-24(34-23)19-5-9-21(32-4)10-6-19/h5-12,16-18H,13-15H2,1-4H3/t16-,17-,18+/m1/s1. The zero-order valence-electron chi connectivity index (χ0n) is 20.2. The molecule has 2 aromatic carbocycles. The summed E-state index contributed by atoms with van der Waals surface area (Å²) in [5.41, 5.74) is 0.934. The van der Waals surface area contributed by atoms with Crippen molar-refractivity contribution in [3.05, 3.63) is 60.0 Å². The molecule has 3 aromatic rings. The van der Waals surface area contributed by atoms with Gasteiger partial charge in [0.05, 0.1) is 17.6 Å². The molecule has 0 amide bonds. The van der Waals surface area contributed by atoms with Crippen LogP contribution in [0.2, 0.25) is 0 Å². The minimum absolute atomic E-state index is 0.150. The molecule has 1 aromatic heterocycles. The number of hydrogen-bond acceptors (Lipinski definition) is 8. The number of carbonyl (C=O) groups is 1. The minimum Gasteiger partial charge on any atom is -0.497 e. The van der Waals surface area contributed by atoms with E-state index in [4.69, 9.17) is 13.9 Å². The lowest BCUT2D eigenvalue weighted by atomic mass is 9.94. The average molecular weight is 500 g/mol. The molecule has 186 valence electrons. The highest BCUT2D eigenvalue weighted by Gasteiger charge is 2.31. The minimum atomic E-state index is -3.62. The molecule has 1 saturated heterocycles. The van der Waals surface area contributed by atoms with Crippen LogP contribution in [0, 0.1) is 11.8 Å². The van der Waals surface area contributed by atoms with Gasteiger partial charge in [0.1, 0.15) is 5.75 Å². The maximum atomic E-state index is 13.1. The summed E-state index contributed by atoms with van der Waals surface area (Å²) in [6.07, 6.45) is 0.220. The van der Waals surface area contributed by atoms with Gasteiger partial charge in [0.15, 0.2) is 6.10 Å². The Bertz CT molecular complexity index is 1260. The van der Waals surface area contributed by atoms with Crippen molar-refractivity contribution in [3.63, 3.8) is 0 Å². The molecule has 10 heteroatoms. The topological polar surface area (TPSA) is 112 Å². The lowest BCUT2D eigenvalue weighted by Crippen LogP contribution is -2.42. The van der Waals surface area contributed by atoms with Gasteiger partial charge in [-0.15, -0.1) is 10.2 Å². The van der Waals surface area contributed by atoms with Crippen molar-refractivity contribution >= 4 is 16.0 Å². The van der Waals surface area contributed by atoms with Crippen molar-refractivity contribution in [2.45, 2.75) is 38.2 Å². The highest BCUT2D eigenvalue weighted by atomic mass is 32.2. The number of aromatic nitrogens is 2. The largest absolute Gasteiger partial charge is 0.497 e. The number of rotatable bonds is 7. The molecule has 3 atom stereocenters. The van der Waals surface area contributed by atoms with E-state index in [-0.39, 0.29) is 16.3 Å². The summed E-state index contributed by atoms with van der Waals surface area (Å²) in [6.45, 7) is 6.73. The molecule has 4 rings (SSSR count). The fourth-order valence-corrected chi connectivity index (χ4v) is 5.92. The Morgan fingerprint density at radius 1 is 1.03 bits per heavy atom. The van der Waals surface area contributed by atoms with E-state index >= 15 is 0 Å². The van der Waals surface area contributed by atoms with Gasteiger partial charge < -0.3 is 13.9 Å². The van der Waals surface area contributed by atoms with Crippen LogP contribution in [0.25, 0.3) is 11.5 Å². The Labute approximate surface area is 205 Å². The fourth-order valence-electron chi connectivity index (χ4n) is 4.24. The first-order valence-electron chi connectivity index (χ1n) is 11.5. The van der Waals surface area contributed by atoms with Crippen molar-refractivity contribution < 1.29 is 27.1 Å². The molecule has 35 heavy (non-hydrogen) atoms. The van der Waals surface area contributed by atoms with E-state index in [0.717, 1.165) is 6.42 Å². The van der Waals surface area contributed by atoms with Gasteiger partial charge in [0.2, 0.25) is 15.9 Å². The van der Waals surface area contributed by atoms with E-state index in [9.17, 15) is 13.2 Å². The fraction of sp³-hybridized carbons (Fsp3) is 0.400. The Morgan fingerprint density at radius 2 is 1.66 bits per heavy atom. The summed E-state index contributed by atoms with van der Waals surface area (Å²) >= 11 is 0. The van der Waals surface area contributed by atoms with Crippen LogP contribution in [0.15, 0.2) is 57.8 Å². The van der Waals surface area contributed by atoms with Crippen molar-refractivity contribution in [2.75, 3.05) is 20.2 Å². The summed E-state index contributed by atoms with van der Waals surface area (Å²) in [5.74, 6) is 1.14. The molecule has 0 spiro atoms. The van der Waals surface area contributed by atoms with E-state index in [1.54, 1.807) is 38.3 Å². The average Bonchev–Trinajstić information content (AvgIpc) is 3.34. The summed E-state index contributed by atoms with van der Waals surface area (Å²) in [7, 11) is -2.04. The third-order valence-electron chi connectivity index (χ3n) is 5.97. The van der Waals surface area contributed by atoms with Gasteiger partial charge in [-0.25, -0.2) is 13.2 Å². The molecule has 1 aliphatic rings. The quantitative estimate of drug-likeness (QED) is 0.442. The maximum Gasteiger partial charge on any atom is 0.338 e. The molecule has 0 radical (unpaired) electrons. The molecular weight excluding hydrogens is 470 g/mol. The van der Waals surface area contributed by atoms with Gasteiger partial charge in [-0.1, -0.05) is 13.8 Å². The van der Waals surface area contributed by atoms with Crippen LogP contribution in [0.4, 0.5) is 0 Å². The van der Waals surface area contributed by atoms with Crippen LogP contribution in [-0.4, -0.2) is 49.1 Å². The number of methoxy groups -OCH3 is 1. The first kappa shape index (κ1) is 24.9. The van der Waals surface area contributed by atoms with Crippen molar-refractivity contribution in [2.24, 2.45) is 11.8 Å². The zero-order chi connectivity index (χ0) is 25.2. The second-order valence-electron chi connectivity index (χ2n) is 9.01. The predicted molar refractivity (Wildman–Crippen MR) is 128 cm³/mol. The summed E-state index contributed by atoms with van der Waals surface area (Å²) in [6, 6.07) is 12.9. The van der Waals surface area contributed by atoms with Gasteiger partial charge in [0, 0.05) is 18.7 Å². The van der Waals surface area contributed by atoms with Crippen LogP contribution < -0.4 is 4.74 Å². The van der Waals surface area contributed by atoms with Gasteiger partial charge in [-0.05, 0) is 73.7 Å². The normalized spacial score (nSPS) is 19.8. The molecule has 1 fully saturated rings. The summed E-state index contributed by atoms with van der Waals surface area (Å²) in [4.78, 5) is 12.8. The second kappa shape index (κ2) is 10.2. The van der Waals surface area contributed by atoms with E-state index in [1.165, 1.54) is 28.6 Å². The smallest absolute Gasteiger partial charge is 0.338 e. The van der Waals surface area contributed by atoms with E-state index < -0.39 is 22.1 Å². The number of benzene rings is 2. The number of sulfonamides is 1. The number of esters is 1. The van der Waals surface area contributed by atoms with Crippen molar-refractivity contribution in [3.8, 4) is 17.2 Å². The first-order chi connectivity index (χ1) is 16.7. The SMILES string of the molecule is COc1ccc(-c2nnc([C@H](C)OC(=O)c3ccc(S(=O)(=O)N4C[C@H](C)C[C@@H](C)C4)cc3)o2)cc1. The van der Waals surface area contributed by atoms with Crippen LogP contribution >= 0.6 is 0 Å². The Morgan fingerprint density at radius 3 is 2.26 bits per heavy atom. The van der Waals surface area contributed by atoms with Crippen LogP contribution in [0.5, 0.6) is 5.75 Å². The molecule has 0 unspecified atom stereocenters. The lowest BCUT2D eigenvalue weighted by Gasteiger charge is -2.34. The Hall–Kier alpha value is -3.24. The van der Waals surface area contributed by atoms with E-state index in [2.05, 4.69) is 24.0 Å². The molecule has 2 heterocycles. The molecule has 0 N–H and O–H groups in total. The van der Waals surface area contributed by atoms with E-state index in [0.29, 0.717) is 42.1 Å². The molecule has 1 aliphatic heterocycles. The van der Waals surface area contributed by atoms with Crippen LogP contribution in [-0.2, 0) is 14.8 Å². The predicted octanol–water partition coefficient (Wildman–Crippen LogP) is 4.33.